The second-order valence-corrected chi connectivity index (χ2v) is 8.45. The Morgan fingerprint density at radius 3 is 2.29 bits per heavy atom. The third-order valence-electron chi connectivity index (χ3n) is 5.20. The van der Waals surface area contributed by atoms with Crippen molar-refractivity contribution in [2.24, 2.45) is 5.28 Å². The van der Waals surface area contributed by atoms with Crippen molar-refractivity contribution in [3.63, 3.8) is 0 Å². The van der Waals surface area contributed by atoms with Gasteiger partial charge < -0.3 is 15.2 Å². The first-order chi connectivity index (χ1) is 12.7. The Balaban J connectivity index is 2.06. The van der Waals surface area contributed by atoms with Crippen LogP contribution in [0.15, 0.2) is 23.5 Å². The zero-order valence-electron chi connectivity index (χ0n) is 16.9. The average Bonchev–Trinajstić information content (AvgIpc) is 2.58. The van der Waals surface area contributed by atoms with Crippen LogP contribution in [0.3, 0.4) is 0 Å². The van der Waals surface area contributed by atoms with E-state index in [1.807, 2.05) is 20.8 Å². The molecule has 1 N–H and O–H groups in total. The highest BCUT2D eigenvalue weighted by atomic mass is 19.4. The Hall–Kier alpha value is -2.03. The topological polar surface area (TPSA) is 71.1 Å². The van der Waals surface area contributed by atoms with Gasteiger partial charge >= 0.3 is 6.18 Å². The molecule has 1 aliphatic carbocycles. The molecule has 6 nitrogen and oxygen atoms in total. The van der Waals surface area contributed by atoms with Crippen LogP contribution in [0.4, 0.5) is 13.2 Å². The molecule has 0 heterocycles. The molecule has 158 valence electrons. The first-order valence-corrected chi connectivity index (χ1v) is 9.22. The fraction of sp³-hybridized carbons (Fsp3) is 0.684. The van der Waals surface area contributed by atoms with Crippen LogP contribution in [0.25, 0.3) is 0 Å². The minimum absolute atomic E-state index is 0.224. The van der Waals surface area contributed by atoms with Crippen LogP contribution in [0.1, 0.15) is 63.1 Å². The van der Waals surface area contributed by atoms with Gasteiger partial charge in [-0.05, 0) is 71.1 Å². The standard InChI is InChI=1S/C19H28F3N3O3/c1-13-10-14(12-15(11-13)19(20,21)22)18(26)8-6-16(7-9-18)28-23-25(27)24(5)17(2,3)4/h10-12,16,26H,6-9H2,1-5H3/b25-23-. The van der Waals surface area contributed by atoms with Crippen LogP contribution in [0, 0.1) is 12.1 Å². The molecule has 0 atom stereocenters. The van der Waals surface area contributed by atoms with E-state index in [0.717, 1.165) is 12.1 Å². The molecule has 1 aromatic rings. The van der Waals surface area contributed by atoms with Gasteiger partial charge in [0.05, 0.1) is 28.7 Å². The van der Waals surface area contributed by atoms with E-state index in [1.165, 1.54) is 5.01 Å². The molecule has 0 spiro atoms. The van der Waals surface area contributed by atoms with Gasteiger partial charge in [-0.25, -0.2) is 0 Å². The van der Waals surface area contributed by atoms with E-state index < -0.39 is 22.9 Å². The van der Waals surface area contributed by atoms with Gasteiger partial charge in [-0.15, -0.1) is 5.01 Å². The monoisotopic (exact) mass is 403 g/mol. The molecule has 0 bridgehead atoms. The first kappa shape index (κ1) is 22.3. The predicted molar refractivity (Wildman–Crippen MR) is 97.0 cm³/mol. The highest BCUT2D eigenvalue weighted by molar-refractivity contribution is 5.35. The van der Waals surface area contributed by atoms with Crippen molar-refractivity contribution < 1.29 is 28.1 Å². The lowest BCUT2D eigenvalue weighted by Gasteiger charge is -2.35. The first-order valence-electron chi connectivity index (χ1n) is 9.22. The van der Waals surface area contributed by atoms with Gasteiger partial charge in [-0.3, -0.25) is 0 Å². The molecule has 0 aromatic heterocycles. The normalized spacial score (nSPS) is 24.2. The van der Waals surface area contributed by atoms with Crippen molar-refractivity contribution in [3.05, 3.63) is 40.1 Å². The highest BCUT2D eigenvalue weighted by Gasteiger charge is 2.39. The molecule has 0 amide bonds. The van der Waals surface area contributed by atoms with Crippen molar-refractivity contribution in [1.82, 2.24) is 5.01 Å². The van der Waals surface area contributed by atoms with Gasteiger partial charge in [-0.1, -0.05) is 11.6 Å². The Bertz CT molecular complexity index is 721. The minimum atomic E-state index is -4.47. The lowest BCUT2D eigenvalue weighted by molar-refractivity contribution is -0.720. The molecule has 0 unspecified atom stereocenters. The van der Waals surface area contributed by atoms with E-state index >= 15 is 0 Å². The molecule has 0 saturated heterocycles. The summed E-state index contributed by atoms with van der Waals surface area (Å²) in [6.45, 7) is 7.13. The number of nitrogens with zero attached hydrogens (tertiary/aromatic N) is 3. The number of hydrogen-bond acceptors (Lipinski definition) is 4. The Morgan fingerprint density at radius 2 is 1.79 bits per heavy atom. The summed E-state index contributed by atoms with van der Waals surface area (Å²) in [5, 5.41) is 27.8. The number of alkyl halides is 3. The SMILES string of the molecule is Cc1cc(C(F)(F)F)cc(C2(O)CCC(O/N=[N+](\[O-])N(C)C(C)(C)C)CC2)c1. The van der Waals surface area contributed by atoms with Gasteiger partial charge in [-0.2, -0.15) is 13.2 Å². The lowest BCUT2D eigenvalue weighted by atomic mass is 9.78. The fourth-order valence-corrected chi connectivity index (χ4v) is 3.10. The van der Waals surface area contributed by atoms with Gasteiger partial charge in [0.25, 0.3) is 0 Å². The third kappa shape index (κ3) is 5.27. The van der Waals surface area contributed by atoms with Crippen molar-refractivity contribution in [3.8, 4) is 0 Å². The number of aryl methyl sites for hydroxylation is 1. The molecule has 2 rings (SSSR count). The quantitative estimate of drug-likeness (QED) is 0.450. The second-order valence-electron chi connectivity index (χ2n) is 8.45. The largest absolute Gasteiger partial charge is 0.569 e. The van der Waals surface area contributed by atoms with Crippen molar-refractivity contribution in [2.45, 2.75) is 76.8 Å². The number of halogens is 3. The van der Waals surface area contributed by atoms with Crippen molar-refractivity contribution >= 4 is 0 Å². The summed E-state index contributed by atoms with van der Waals surface area (Å²) in [6.07, 6.45) is -3.64. The van der Waals surface area contributed by atoms with Crippen LogP contribution in [-0.2, 0) is 16.6 Å². The summed E-state index contributed by atoms with van der Waals surface area (Å²) < 4.78 is 39.2. The van der Waals surface area contributed by atoms with Gasteiger partial charge in [0.15, 0.2) is 0 Å². The molecule has 0 radical (unpaired) electrons. The summed E-state index contributed by atoms with van der Waals surface area (Å²) in [7, 11) is 1.59. The Morgan fingerprint density at radius 1 is 1.21 bits per heavy atom. The third-order valence-corrected chi connectivity index (χ3v) is 5.20. The maximum atomic E-state index is 13.1. The zero-order chi connectivity index (χ0) is 21.3. The Labute approximate surface area is 163 Å². The van der Waals surface area contributed by atoms with E-state index in [1.54, 1.807) is 20.0 Å². The van der Waals surface area contributed by atoms with Crippen molar-refractivity contribution in [2.75, 3.05) is 7.05 Å². The molecule has 1 fully saturated rings. The summed E-state index contributed by atoms with van der Waals surface area (Å²) in [4.78, 5) is 5.67. The van der Waals surface area contributed by atoms with Gasteiger partial charge in [0.2, 0.25) is 5.28 Å². The number of hydrazine groups is 1. The summed E-state index contributed by atoms with van der Waals surface area (Å²) >= 11 is 0. The highest BCUT2D eigenvalue weighted by Crippen LogP contribution is 2.40. The van der Waals surface area contributed by atoms with E-state index in [2.05, 4.69) is 5.28 Å². The molecule has 9 heteroatoms. The van der Waals surface area contributed by atoms with Gasteiger partial charge in [0, 0.05) is 0 Å². The molecule has 28 heavy (non-hydrogen) atoms. The maximum absolute atomic E-state index is 13.1. The smallest absolute Gasteiger partial charge is 0.416 e. The zero-order valence-corrected chi connectivity index (χ0v) is 16.9. The fourth-order valence-electron chi connectivity index (χ4n) is 3.10. The predicted octanol–water partition coefficient (Wildman–Crippen LogP) is 4.68. The average molecular weight is 403 g/mol. The number of aliphatic hydroxyl groups is 1. The maximum Gasteiger partial charge on any atom is 0.416 e. The molecular weight excluding hydrogens is 375 g/mol. The van der Waals surface area contributed by atoms with Crippen LogP contribution >= 0.6 is 0 Å². The number of benzene rings is 1. The number of hydrogen-bond donors (Lipinski definition) is 1. The Kier molecular flexibility index (Phi) is 6.18. The summed E-state index contributed by atoms with van der Waals surface area (Å²) in [5.41, 5.74) is -1.85. The van der Waals surface area contributed by atoms with Crippen LogP contribution in [0.2, 0.25) is 0 Å². The molecule has 1 aliphatic rings. The van der Waals surface area contributed by atoms with E-state index in [-0.39, 0.29) is 24.5 Å². The van der Waals surface area contributed by atoms with Crippen LogP contribution in [0.5, 0.6) is 0 Å². The number of rotatable bonds is 4. The minimum Gasteiger partial charge on any atom is -0.569 e. The van der Waals surface area contributed by atoms with Gasteiger partial charge in [0.1, 0.15) is 6.10 Å². The van der Waals surface area contributed by atoms with E-state index in [9.17, 15) is 23.5 Å². The molecule has 1 aromatic carbocycles. The summed E-state index contributed by atoms with van der Waals surface area (Å²) in [5.74, 6) is 0. The molecule has 0 aliphatic heterocycles. The second kappa shape index (κ2) is 7.77. The van der Waals surface area contributed by atoms with Crippen molar-refractivity contribution in [1.29, 1.82) is 0 Å². The van der Waals surface area contributed by atoms with Crippen LogP contribution < -0.4 is 0 Å². The molecule has 1 saturated carbocycles. The van der Waals surface area contributed by atoms with E-state index in [0.29, 0.717) is 23.4 Å². The van der Waals surface area contributed by atoms with E-state index in [4.69, 9.17) is 4.84 Å². The molecular formula is C19H28F3N3O3. The lowest BCUT2D eigenvalue weighted by Crippen LogP contribution is -2.42. The summed E-state index contributed by atoms with van der Waals surface area (Å²) in [6, 6.07) is 3.66. The van der Waals surface area contributed by atoms with Crippen LogP contribution in [-0.4, -0.2) is 33.8 Å².